The standard InChI is InChI=1S/C18H37NO7S.Na.H/c1-3-5-6-7-8-9-10-11-12-13-17(20)16-18(19)23-14-15-24-26-27(21,22)25-4-2;;/h18H,3-16,19H2,1-2H3;;/q;+1;-1. The summed E-state index contributed by atoms with van der Waals surface area (Å²) in [5, 5.41) is 0. The number of ketones is 1. The maximum Gasteiger partial charge on any atom is 1.00 e. The Kier molecular flexibility index (Phi) is 22.6. The van der Waals surface area contributed by atoms with Crippen molar-refractivity contribution in [2.45, 2.75) is 90.7 Å². The molecule has 0 saturated carbocycles. The SMILES string of the molecule is CCCCCCCCCCCC(=O)CC(N)OCCOOS(=O)(=O)OCC.[H-].[Na+]. The smallest absolute Gasteiger partial charge is 1.00 e. The Hall–Kier alpha value is 0.420. The molecule has 10 heteroatoms. The van der Waals surface area contributed by atoms with E-state index < -0.39 is 16.6 Å². The van der Waals surface area contributed by atoms with E-state index in [1.54, 1.807) is 0 Å². The number of Topliss-reactive ketones (excluding diaryl/α,β-unsaturated/α-hetero) is 1. The van der Waals surface area contributed by atoms with Gasteiger partial charge in [0.15, 0.2) is 0 Å². The van der Waals surface area contributed by atoms with Gasteiger partial charge in [-0.1, -0.05) is 62.6 Å². The largest absolute Gasteiger partial charge is 1.00 e. The first-order chi connectivity index (χ1) is 12.9. The first kappa shape index (κ1) is 30.6. The minimum atomic E-state index is -4.14. The van der Waals surface area contributed by atoms with Crippen LogP contribution in [0.3, 0.4) is 0 Å². The normalized spacial score (nSPS) is 12.5. The quantitative estimate of drug-likeness (QED) is 0.0968. The second kappa shape index (κ2) is 20.7. The van der Waals surface area contributed by atoms with Crippen LogP contribution in [-0.2, 0) is 33.3 Å². The molecule has 0 spiro atoms. The third-order valence-corrected chi connectivity index (χ3v) is 4.67. The summed E-state index contributed by atoms with van der Waals surface area (Å²) in [5.74, 6) is 0.0709. The van der Waals surface area contributed by atoms with Crippen molar-refractivity contribution in [1.29, 1.82) is 0 Å². The predicted octanol–water partition coefficient (Wildman–Crippen LogP) is 0.514. The van der Waals surface area contributed by atoms with Crippen LogP contribution in [0.25, 0.3) is 0 Å². The van der Waals surface area contributed by atoms with Crippen molar-refractivity contribution in [2.75, 3.05) is 19.8 Å². The molecule has 0 aromatic heterocycles. The van der Waals surface area contributed by atoms with E-state index in [0.717, 1.165) is 12.8 Å². The summed E-state index contributed by atoms with van der Waals surface area (Å²) in [6, 6.07) is 0. The molecule has 8 nitrogen and oxygen atoms in total. The van der Waals surface area contributed by atoms with Crippen LogP contribution < -0.4 is 35.3 Å². The van der Waals surface area contributed by atoms with Gasteiger partial charge in [-0.2, -0.15) is 8.42 Å². The molecule has 164 valence electrons. The second-order valence-electron chi connectivity index (χ2n) is 6.44. The average Bonchev–Trinajstić information content (AvgIpc) is 2.59. The van der Waals surface area contributed by atoms with Crippen LogP contribution in [0, 0.1) is 0 Å². The summed E-state index contributed by atoms with van der Waals surface area (Å²) >= 11 is 0. The minimum absolute atomic E-state index is 0. The van der Waals surface area contributed by atoms with Gasteiger partial charge in [-0.15, -0.1) is 0 Å². The van der Waals surface area contributed by atoms with Crippen LogP contribution in [0.1, 0.15) is 85.9 Å². The number of carbonyl (C=O) groups is 1. The predicted molar refractivity (Wildman–Crippen MR) is 104 cm³/mol. The molecule has 2 N–H and O–H groups in total. The first-order valence-electron chi connectivity index (χ1n) is 10.0. The van der Waals surface area contributed by atoms with Gasteiger partial charge in [-0.25, -0.2) is 9.07 Å². The first-order valence-corrected chi connectivity index (χ1v) is 11.3. The zero-order valence-electron chi connectivity index (χ0n) is 18.8. The summed E-state index contributed by atoms with van der Waals surface area (Å²) in [5.41, 5.74) is 5.72. The Morgan fingerprint density at radius 3 is 2.11 bits per heavy atom. The van der Waals surface area contributed by atoms with Gasteiger partial charge in [0.05, 0.1) is 13.2 Å². The number of nitrogens with two attached hydrogens (primary N) is 1. The van der Waals surface area contributed by atoms with Crippen molar-refractivity contribution < 1.29 is 62.3 Å². The zero-order valence-corrected chi connectivity index (χ0v) is 20.6. The van der Waals surface area contributed by atoms with Crippen LogP contribution >= 0.6 is 0 Å². The van der Waals surface area contributed by atoms with E-state index in [4.69, 9.17) is 10.5 Å². The molecule has 1 atom stereocenters. The third kappa shape index (κ3) is 21.1. The molecule has 0 aliphatic heterocycles. The molecular weight excluding hydrogens is 397 g/mol. The van der Waals surface area contributed by atoms with Gasteiger partial charge in [0.1, 0.15) is 18.6 Å². The fourth-order valence-corrected chi connectivity index (χ4v) is 3.02. The molecule has 28 heavy (non-hydrogen) atoms. The summed E-state index contributed by atoms with van der Waals surface area (Å²) in [6.45, 7) is 3.54. The number of hydrogen-bond donors (Lipinski definition) is 1. The van der Waals surface area contributed by atoms with Gasteiger partial charge < -0.3 is 11.9 Å². The van der Waals surface area contributed by atoms with Crippen molar-refractivity contribution in [3.63, 3.8) is 0 Å². The van der Waals surface area contributed by atoms with Crippen molar-refractivity contribution in [3.8, 4) is 0 Å². The molecule has 0 bridgehead atoms. The number of ether oxygens (including phenoxy) is 1. The van der Waals surface area contributed by atoms with Crippen LogP contribution in [0.15, 0.2) is 0 Å². The average molecular weight is 436 g/mol. The van der Waals surface area contributed by atoms with E-state index in [9.17, 15) is 13.2 Å². The third-order valence-electron chi connectivity index (χ3n) is 3.88. The number of rotatable bonds is 20. The molecule has 0 fully saturated rings. The Bertz CT molecular complexity index is 469. The van der Waals surface area contributed by atoms with E-state index in [-0.39, 0.29) is 63.0 Å². The number of carbonyl (C=O) groups excluding carboxylic acids is 1. The van der Waals surface area contributed by atoms with Gasteiger partial charge in [0.25, 0.3) is 0 Å². The van der Waals surface area contributed by atoms with Gasteiger partial charge in [0, 0.05) is 12.8 Å². The van der Waals surface area contributed by atoms with Crippen molar-refractivity contribution in [1.82, 2.24) is 0 Å². The molecule has 0 aromatic carbocycles. The van der Waals surface area contributed by atoms with E-state index in [2.05, 4.69) is 20.3 Å². The van der Waals surface area contributed by atoms with Gasteiger partial charge >= 0.3 is 40.0 Å². The number of unbranched alkanes of at least 4 members (excludes halogenated alkanes) is 8. The molecule has 0 amide bonds. The van der Waals surface area contributed by atoms with Crippen LogP contribution in [0.5, 0.6) is 0 Å². The van der Waals surface area contributed by atoms with E-state index >= 15 is 0 Å². The van der Waals surface area contributed by atoms with E-state index in [1.165, 1.54) is 51.9 Å². The van der Waals surface area contributed by atoms with E-state index in [0.29, 0.717) is 6.42 Å². The fraction of sp³-hybridized carbons (Fsp3) is 0.944. The van der Waals surface area contributed by atoms with E-state index in [1.807, 2.05) is 0 Å². The fourth-order valence-electron chi connectivity index (χ4n) is 2.51. The molecule has 0 aliphatic carbocycles. The van der Waals surface area contributed by atoms with Crippen molar-refractivity contribution in [2.24, 2.45) is 5.73 Å². The zero-order chi connectivity index (χ0) is 20.4. The van der Waals surface area contributed by atoms with Crippen LogP contribution in [-0.4, -0.2) is 40.2 Å². The molecule has 0 aromatic rings. The van der Waals surface area contributed by atoms with Crippen molar-refractivity contribution >= 4 is 16.2 Å². The summed E-state index contributed by atoms with van der Waals surface area (Å²) in [6.07, 6.45) is 10.8. The Labute approximate surface area is 194 Å². The second-order valence-corrected chi connectivity index (χ2v) is 7.62. The maximum atomic E-state index is 11.8. The molecule has 0 aliphatic rings. The van der Waals surface area contributed by atoms with Crippen molar-refractivity contribution in [3.05, 3.63) is 0 Å². The summed E-state index contributed by atoms with van der Waals surface area (Å²) < 4.78 is 35.6. The summed E-state index contributed by atoms with van der Waals surface area (Å²) in [7, 11) is -4.14. The maximum absolute atomic E-state index is 11.8. The van der Waals surface area contributed by atoms with Gasteiger partial charge in [-0.05, 0) is 13.3 Å². The topological polar surface area (TPSA) is 114 Å². The Balaban J connectivity index is -0.00000338. The van der Waals surface area contributed by atoms with Gasteiger partial charge in [0.2, 0.25) is 0 Å². The Morgan fingerprint density at radius 1 is 0.964 bits per heavy atom. The summed E-state index contributed by atoms with van der Waals surface area (Å²) in [4.78, 5) is 16.3. The number of hydrogen-bond acceptors (Lipinski definition) is 8. The molecule has 0 rings (SSSR count). The van der Waals surface area contributed by atoms with Crippen LogP contribution in [0.2, 0.25) is 0 Å². The molecule has 0 saturated heterocycles. The Morgan fingerprint density at radius 2 is 1.54 bits per heavy atom. The van der Waals surface area contributed by atoms with Gasteiger partial charge in [-0.3, -0.25) is 4.79 Å². The van der Waals surface area contributed by atoms with Crippen LogP contribution in [0.4, 0.5) is 0 Å². The monoisotopic (exact) mass is 435 g/mol. The molecule has 0 heterocycles. The minimum Gasteiger partial charge on any atom is -1.00 e. The molecule has 1 unspecified atom stereocenters. The molecule has 0 radical (unpaired) electrons. The molecular formula is C18H38NNaO7S.